The summed E-state index contributed by atoms with van der Waals surface area (Å²) in [5.74, 6) is 0.883. The normalized spacial score (nSPS) is 34.1. The van der Waals surface area contributed by atoms with Crippen molar-refractivity contribution in [1.29, 1.82) is 0 Å². The second-order valence-electron chi connectivity index (χ2n) is 4.95. The van der Waals surface area contributed by atoms with Crippen LogP contribution in [0.2, 0.25) is 0 Å². The number of anilines is 1. The van der Waals surface area contributed by atoms with E-state index >= 15 is 0 Å². The maximum atomic E-state index is 10.1. The Hall–Kier alpha value is -0.680. The minimum Gasteiger partial charge on any atom is -0.392 e. The highest BCUT2D eigenvalue weighted by Gasteiger charge is 2.39. The van der Waals surface area contributed by atoms with E-state index in [2.05, 4.69) is 15.1 Å². The van der Waals surface area contributed by atoms with Gasteiger partial charge in [0.2, 0.25) is 5.13 Å². The second kappa shape index (κ2) is 3.96. The molecule has 1 aliphatic carbocycles. The summed E-state index contributed by atoms with van der Waals surface area (Å²) >= 11 is 1.66. The van der Waals surface area contributed by atoms with Crippen LogP contribution in [0.1, 0.15) is 24.3 Å². The maximum absolute atomic E-state index is 10.1. The summed E-state index contributed by atoms with van der Waals surface area (Å²) in [6.07, 6.45) is 3.51. The van der Waals surface area contributed by atoms with E-state index in [1.165, 1.54) is 6.42 Å². The summed E-state index contributed by atoms with van der Waals surface area (Å²) in [6.45, 7) is 3.89. The summed E-state index contributed by atoms with van der Waals surface area (Å²) in [5, 5.41) is 20.4. The molecule has 16 heavy (non-hydrogen) atoms. The molecule has 0 spiro atoms. The van der Waals surface area contributed by atoms with Crippen LogP contribution in [-0.4, -0.2) is 34.5 Å². The molecule has 2 unspecified atom stereocenters. The minimum atomic E-state index is -0.0842. The van der Waals surface area contributed by atoms with E-state index in [0.717, 1.165) is 36.1 Å². The third kappa shape index (κ3) is 1.72. The molecule has 1 saturated carbocycles. The Kier molecular flexibility index (Phi) is 2.59. The molecule has 2 heterocycles. The average Bonchev–Trinajstić information content (AvgIpc) is 2.64. The zero-order chi connectivity index (χ0) is 11.1. The Morgan fingerprint density at radius 3 is 2.50 bits per heavy atom. The van der Waals surface area contributed by atoms with Gasteiger partial charge in [-0.1, -0.05) is 17.8 Å². The molecular formula is C11H17N3OS. The first-order valence-electron chi connectivity index (χ1n) is 5.97. The molecule has 1 aromatic heterocycles. The molecule has 2 bridgehead atoms. The first-order chi connectivity index (χ1) is 7.74. The van der Waals surface area contributed by atoms with Gasteiger partial charge in [-0.15, -0.1) is 10.2 Å². The molecule has 2 aliphatic rings. The van der Waals surface area contributed by atoms with Crippen LogP contribution in [0.5, 0.6) is 0 Å². The summed E-state index contributed by atoms with van der Waals surface area (Å²) < 4.78 is 0. The lowest BCUT2D eigenvalue weighted by Crippen LogP contribution is -2.51. The Bertz CT molecular complexity index is 367. The van der Waals surface area contributed by atoms with Crippen molar-refractivity contribution in [3.05, 3.63) is 5.01 Å². The molecule has 88 valence electrons. The number of piperidine rings is 1. The number of aliphatic hydroxyl groups excluding tert-OH is 1. The molecule has 1 aliphatic heterocycles. The summed E-state index contributed by atoms with van der Waals surface area (Å²) in [5.41, 5.74) is 0. The molecule has 1 aromatic rings. The fourth-order valence-electron chi connectivity index (χ4n) is 2.98. The van der Waals surface area contributed by atoms with Crippen molar-refractivity contribution in [3.63, 3.8) is 0 Å². The van der Waals surface area contributed by atoms with Crippen molar-refractivity contribution in [2.75, 3.05) is 18.0 Å². The van der Waals surface area contributed by atoms with E-state index in [1.54, 1.807) is 11.3 Å². The minimum absolute atomic E-state index is 0.0842. The topological polar surface area (TPSA) is 49.2 Å². The fraction of sp³-hybridized carbons (Fsp3) is 0.818. The number of hydrogen-bond acceptors (Lipinski definition) is 5. The zero-order valence-electron chi connectivity index (χ0n) is 9.46. The van der Waals surface area contributed by atoms with Gasteiger partial charge in [0.25, 0.3) is 0 Å². The lowest BCUT2D eigenvalue weighted by atomic mass is 9.75. The molecule has 1 saturated heterocycles. The standard InChI is InChI=1S/C11H17N3OS/c1-7-12-13-11(16-7)14-5-8-3-2-4-9(6-14)10(8)15/h8-10,15H,2-6H2,1H3. The van der Waals surface area contributed by atoms with Crippen LogP contribution in [0.15, 0.2) is 0 Å². The molecule has 2 fully saturated rings. The number of nitrogens with zero attached hydrogens (tertiary/aromatic N) is 3. The lowest BCUT2D eigenvalue weighted by Gasteiger charge is -2.44. The van der Waals surface area contributed by atoms with Crippen LogP contribution < -0.4 is 4.90 Å². The summed E-state index contributed by atoms with van der Waals surface area (Å²) in [4.78, 5) is 2.31. The molecule has 3 rings (SSSR count). The fourth-order valence-corrected chi connectivity index (χ4v) is 3.68. The van der Waals surface area contributed by atoms with E-state index < -0.39 is 0 Å². The van der Waals surface area contributed by atoms with Gasteiger partial charge in [0.05, 0.1) is 6.10 Å². The third-order valence-corrected chi connectivity index (χ3v) is 4.71. The predicted octanol–water partition coefficient (Wildman–Crippen LogP) is 1.44. The lowest BCUT2D eigenvalue weighted by molar-refractivity contribution is 0.00595. The highest BCUT2D eigenvalue weighted by Crippen LogP contribution is 2.37. The number of hydrogen-bond donors (Lipinski definition) is 1. The van der Waals surface area contributed by atoms with Crippen molar-refractivity contribution in [2.45, 2.75) is 32.3 Å². The van der Waals surface area contributed by atoms with E-state index in [9.17, 15) is 5.11 Å². The van der Waals surface area contributed by atoms with Crippen molar-refractivity contribution in [3.8, 4) is 0 Å². The molecule has 1 N–H and O–H groups in total. The van der Waals surface area contributed by atoms with Gasteiger partial charge in [-0.25, -0.2) is 0 Å². The van der Waals surface area contributed by atoms with Crippen LogP contribution in [0.3, 0.4) is 0 Å². The van der Waals surface area contributed by atoms with Gasteiger partial charge >= 0.3 is 0 Å². The first-order valence-corrected chi connectivity index (χ1v) is 6.79. The quantitative estimate of drug-likeness (QED) is 0.805. The van der Waals surface area contributed by atoms with Crippen molar-refractivity contribution < 1.29 is 5.11 Å². The van der Waals surface area contributed by atoms with Crippen molar-refractivity contribution in [2.24, 2.45) is 11.8 Å². The monoisotopic (exact) mass is 239 g/mol. The Labute approximate surface area is 99.3 Å². The number of aromatic nitrogens is 2. The van der Waals surface area contributed by atoms with E-state index in [0.29, 0.717) is 11.8 Å². The molecule has 0 radical (unpaired) electrons. The van der Waals surface area contributed by atoms with E-state index in [1.807, 2.05) is 6.92 Å². The predicted molar refractivity (Wildman–Crippen MR) is 63.7 cm³/mol. The van der Waals surface area contributed by atoms with Crippen molar-refractivity contribution in [1.82, 2.24) is 10.2 Å². The van der Waals surface area contributed by atoms with E-state index in [4.69, 9.17) is 0 Å². The highest BCUT2D eigenvalue weighted by molar-refractivity contribution is 7.15. The molecular weight excluding hydrogens is 222 g/mol. The van der Waals surface area contributed by atoms with Crippen LogP contribution >= 0.6 is 11.3 Å². The molecule has 5 heteroatoms. The molecule has 2 atom stereocenters. The smallest absolute Gasteiger partial charge is 0.208 e. The van der Waals surface area contributed by atoms with Crippen LogP contribution in [0.4, 0.5) is 5.13 Å². The second-order valence-corrected chi connectivity index (χ2v) is 6.11. The SMILES string of the molecule is Cc1nnc(N2CC3CCCC(C2)C3O)s1. The van der Waals surface area contributed by atoms with Gasteiger partial charge in [0, 0.05) is 24.9 Å². The molecule has 4 nitrogen and oxygen atoms in total. The van der Waals surface area contributed by atoms with E-state index in [-0.39, 0.29) is 6.10 Å². The zero-order valence-corrected chi connectivity index (χ0v) is 10.3. The largest absolute Gasteiger partial charge is 0.392 e. The number of aliphatic hydroxyl groups is 1. The Morgan fingerprint density at radius 2 is 1.94 bits per heavy atom. The van der Waals surface area contributed by atoms with Gasteiger partial charge in [-0.3, -0.25) is 0 Å². The number of aryl methyl sites for hydroxylation is 1. The summed E-state index contributed by atoms with van der Waals surface area (Å²) in [7, 11) is 0. The third-order valence-electron chi connectivity index (χ3n) is 3.81. The Morgan fingerprint density at radius 1 is 1.25 bits per heavy atom. The highest BCUT2D eigenvalue weighted by atomic mass is 32.1. The number of rotatable bonds is 1. The van der Waals surface area contributed by atoms with Gasteiger partial charge in [-0.2, -0.15) is 0 Å². The van der Waals surface area contributed by atoms with Gasteiger partial charge in [0.1, 0.15) is 5.01 Å². The molecule has 0 aromatic carbocycles. The first kappa shape index (κ1) is 10.5. The average molecular weight is 239 g/mol. The van der Waals surface area contributed by atoms with Gasteiger partial charge in [0.15, 0.2) is 0 Å². The van der Waals surface area contributed by atoms with Gasteiger partial charge < -0.3 is 10.0 Å². The molecule has 0 amide bonds. The van der Waals surface area contributed by atoms with Crippen LogP contribution in [-0.2, 0) is 0 Å². The van der Waals surface area contributed by atoms with Gasteiger partial charge in [-0.05, 0) is 19.8 Å². The Balaban J connectivity index is 1.79. The van der Waals surface area contributed by atoms with Crippen LogP contribution in [0, 0.1) is 18.8 Å². The number of fused-ring (bicyclic) bond motifs is 2. The summed E-state index contributed by atoms with van der Waals surface area (Å²) in [6, 6.07) is 0. The van der Waals surface area contributed by atoms with Crippen LogP contribution in [0.25, 0.3) is 0 Å². The van der Waals surface area contributed by atoms with Crippen molar-refractivity contribution >= 4 is 16.5 Å². The maximum Gasteiger partial charge on any atom is 0.208 e.